The van der Waals surface area contributed by atoms with Crippen LogP contribution in [-0.4, -0.2) is 22.7 Å². The summed E-state index contributed by atoms with van der Waals surface area (Å²) in [6, 6.07) is 5.37. The predicted octanol–water partition coefficient (Wildman–Crippen LogP) is 2.52. The number of hydrogen-bond acceptors (Lipinski definition) is 2. The molecule has 1 aromatic carbocycles. The Balaban J connectivity index is 2.04. The number of aryl methyl sites for hydroxylation is 1. The topological polar surface area (TPSA) is 40.7 Å². The fourth-order valence-electron chi connectivity index (χ4n) is 1.64. The van der Waals surface area contributed by atoms with Gasteiger partial charge in [-0.1, -0.05) is 6.07 Å². The molecule has 0 atom stereocenters. The number of imidazole rings is 1. The predicted molar refractivity (Wildman–Crippen MR) is 58.6 cm³/mol. The van der Waals surface area contributed by atoms with Crippen LogP contribution in [-0.2, 0) is 6.54 Å². The summed E-state index contributed by atoms with van der Waals surface area (Å²) in [5, 5.41) is 2.35. The molecule has 1 heterocycles. The molecule has 0 amide bonds. The first kappa shape index (κ1) is 11.9. The molecule has 3 nitrogen and oxygen atoms in total. The van der Waals surface area contributed by atoms with Crippen molar-refractivity contribution in [1.82, 2.24) is 15.3 Å². The molecule has 0 saturated carbocycles. The molecular weight excluding hydrogens is 231 g/mol. The van der Waals surface area contributed by atoms with E-state index in [1.54, 1.807) is 18.2 Å². The Morgan fingerprint density at radius 2 is 2.12 bits per heavy atom. The molecule has 0 aliphatic heterocycles. The van der Waals surface area contributed by atoms with Crippen LogP contribution in [0.1, 0.15) is 11.4 Å². The van der Waals surface area contributed by atoms with Gasteiger partial charge in [-0.05, 0) is 24.6 Å². The van der Waals surface area contributed by atoms with Gasteiger partial charge in [0, 0.05) is 6.54 Å². The Morgan fingerprint density at radius 1 is 1.35 bits per heavy atom. The van der Waals surface area contributed by atoms with E-state index in [4.69, 9.17) is 0 Å². The zero-order valence-corrected chi connectivity index (χ0v) is 9.23. The highest BCUT2D eigenvalue weighted by Gasteiger charge is 2.25. The molecular formula is C11H12F3N3. The van der Waals surface area contributed by atoms with E-state index in [2.05, 4.69) is 15.3 Å². The van der Waals surface area contributed by atoms with Crippen LogP contribution in [0, 0.1) is 6.92 Å². The van der Waals surface area contributed by atoms with E-state index in [9.17, 15) is 13.2 Å². The van der Waals surface area contributed by atoms with Crippen molar-refractivity contribution in [1.29, 1.82) is 0 Å². The molecule has 2 N–H and O–H groups in total. The zero-order valence-electron chi connectivity index (χ0n) is 9.23. The minimum absolute atomic E-state index is 0.188. The minimum atomic E-state index is -4.17. The molecule has 92 valence electrons. The van der Waals surface area contributed by atoms with E-state index in [-0.39, 0.29) is 6.54 Å². The summed E-state index contributed by atoms with van der Waals surface area (Å²) in [7, 11) is 0. The third-order valence-corrected chi connectivity index (χ3v) is 2.32. The fourth-order valence-corrected chi connectivity index (χ4v) is 1.64. The third kappa shape index (κ3) is 3.20. The number of H-pyrrole nitrogens is 1. The molecule has 2 rings (SSSR count). The van der Waals surface area contributed by atoms with E-state index in [1.807, 2.05) is 6.92 Å². The van der Waals surface area contributed by atoms with Gasteiger partial charge < -0.3 is 10.3 Å². The molecule has 17 heavy (non-hydrogen) atoms. The van der Waals surface area contributed by atoms with Crippen molar-refractivity contribution in [2.75, 3.05) is 6.54 Å². The molecule has 0 saturated heterocycles. The molecule has 0 aliphatic carbocycles. The number of fused-ring (bicyclic) bond motifs is 1. The normalized spacial score (nSPS) is 12.2. The second-order valence-electron chi connectivity index (χ2n) is 3.89. The highest BCUT2D eigenvalue weighted by atomic mass is 19.4. The van der Waals surface area contributed by atoms with Gasteiger partial charge >= 0.3 is 6.18 Å². The van der Waals surface area contributed by atoms with E-state index in [0.29, 0.717) is 0 Å². The van der Waals surface area contributed by atoms with Crippen LogP contribution in [0.2, 0.25) is 0 Å². The van der Waals surface area contributed by atoms with Gasteiger partial charge in [-0.25, -0.2) is 4.98 Å². The lowest BCUT2D eigenvalue weighted by Crippen LogP contribution is -2.28. The Bertz CT molecular complexity index is 516. The quantitative estimate of drug-likeness (QED) is 0.869. The monoisotopic (exact) mass is 243 g/mol. The Hall–Kier alpha value is -1.56. The average Bonchev–Trinajstić information content (AvgIpc) is 2.55. The summed E-state index contributed by atoms with van der Waals surface area (Å²) in [5.74, 6) is 0.792. The lowest BCUT2D eigenvalue weighted by atomic mass is 10.2. The standard InChI is InChI=1S/C11H12F3N3/c1-7-16-9-3-2-8(4-10(9)17-7)5-15-6-11(12,13)14/h2-4,15H,5-6H2,1H3,(H,16,17). The molecule has 0 unspecified atom stereocenters. The van der Waals surface area contributed by atoms with Crippen LogP contribution < -0.4 is 5.32 Å². The molecule has 0 fully saturated rings. The van der Waals surface area contributed by atoms with Gasteiger partial charge in [0.2, 0.25) is 0 Å². The Morgan fingerprint density at radius 3 is 2.82 bits per heavy atom. The zero-order chi connectivity index (χ0) is 12.5. The maximum Gasteiger partial charge on any atom is 0.401 e. The van der Waals surface area contributed by atoms with Crippen molar-refractivity contribution >= 4 is 11.0 Å². The van der Waals surface area contributed by atoms with Gasteiger partial charge in [0.25, 0.3) is 0 Å². The SMILES string of the molecule is Cc1nc2ccc(CNCC(F)(F)F)cc2[nH]1. The van der Waals surface area contributed by atoms with Crippen molar-refractivity contribution in [2.45, 2.75) is 19.6 Å². The van der Waals surface area contributed by atoms with E-state index in [0.717, 1.165) is 22.4 Å². The number of benzene rings is 1. The number of aromatic amines is 1. The lowest BCUT2D eigenvalue weighted by molar-refractivity contribution is -0.125. The molecule has 0 radical (unpaired) electrons. The number of nitrogens with zero attached hydrogens (tertiary/aromatic N) is 1. The average molecular weight is 243 g/mol. The Kier molecular flexibility index (Phi) is 3.06. The third-order valence-electron chi connectivity index (χ3n) is 2.32. The molecule has 0 spiro atoms. The van der Waals surface area contributed by atoms with Gasteiger partial charge in [0.05, 0.1) is 17.6 Å². The number of halogens is 3. The summed E-state index contributed by atoms with van der Waals surface area (Å²) in [6.45, 7) is 1.04. The van der Waals surface area contributed by atoms with Crippen LogP contribution in [0.5, 0.6) is 0 Å². The Labute approximate surface area is 96.0 Å². The van der Waals surface area contributed by atoms with Crippen LogP contribution in [0.3, 0.4) is 0 Å². The van der Waals surface area contributed by atoms with Gasteiger partial charge in [0.1, 0.15) is 5.82 Å². The summed E-state index contributed by atoms with van der Waals surface area (Å²) in [4.78, 5) is 7.26. The van der Waals surface area contributed by atoms with Crippen molar-refractivity contribution < 1.29 is 13.2 Å². The van der Waals surface area contributed by atoms with E-state index in [1.165, 1.54) is 0 Å². The number of hydrogen-bond donors (Lipinski definition) is 2. The first-order chi connectivity index (χ1) is 7.94. The fraction of sp³-hybridized carbons (Fsp3) is 0.364. The second kappa shape index (κ2) is 4.37. The van der Waals surface area contributed by atoms with Crippen molar-refractivity contribution in [2.24, 2.45) is 0 Å². The lowest BCUT2D eigenvalue weighted by Gasteiger charge is -2.07. The van der Waals surface area contributed by atoms with Crippen molar-refractivity contribution in [3.8, 4) is 0 Å². The summed E-state index contributed by atoms with van der Waals surface area (Å²) >= 11 is 0. The molecule has 1 aromatic heterocycles. The summed E-state index contributed by atoms with van der Waals surface area (Å²) in [5.41, 5.74) is 2.46. The maximum atomic E-state index is 11.9. The van der Waals surface area contributed by atoms with Crippen LogP contribution in [0.4, 0.5) is 13.2 Å². The van der Waals surface area contributed by atoms with Gasteiger partial charge in [-0.2, -0.15) is 13.2 Å². The van der Waals surface area contributed by atoms with Gasteiger partial charge in [0.15, 0.2) is 0 Å². The highest BCUT2D eigenvalue weighted by molar-refractivity contribution is 5.75. The largest absolute Gasteiger partial charge is 0.401 e. The minimum Gasteiger partial charge on any atom is -0.342 e. The summed E-state index contributed by atoms with van der Waals surface area (Å²) < 4.78 is 35.8. The molecule has 6 heteroatoms. The van der Waals surface area contributed by atoms with Gasteiger partial charge in [-0.15, -0.1) is 0 Å². The van der Waals surface area contributed by atoms with Gasteiger partial charge in [-0.3, -0.25) is 0 Å². The first-order valence-corrected chi connectivity index (χ1v) is 5.17. The van der Waals surface area contributed by atoms with Crippen LogP contribution in [0.25, 0.3) is 11.0 Å². The summed E-state index contributed by atoms with van der Waals surface area (Å²) in [6.07, 6.45) is -4.17. The van der Waals surface area contributed by atoms with Crippen LogP contribution in [0.15, 0.2) is 18.2 Å². The second-order valence-corrected chi connectivity index (χ2v) is 3.89. The molecule has 2 aromatic rings. The number of alkyl halides is 3. The maximum absolute atomic E-state index is 11.9. The number of aromatic nitrogens is 2. The van der Waals surface area contributed by atoms with E-state index < -0.39 is 12.7 Å². The molecule has 0 bridgehead atoms. The first-order valence-electron chi connectivity index (χ1n) is 5.17. The highest BCUT2D eigenvalue weighted by Crippen LogP contribution is 2.15. The molecule has 0 aliphatic rings. The number of rotatable bonds is 3. The smallest absolute Gasteiger partial charge is 0.342 e. The van der Waals surface area contributed by atoms with Crippen molar-refractivity contribution in [3.05, 3.63) is 29.6 Å². The van der Waals surface area contributed by atoms with E-state index >= 15 is 0 Å². The van der Waals surface area contributed by atoms with Crippen LogP contribution >= 0.6 is 0 Å². The number of nitrogens with one attached hydrogen (secondary N) is 2. The van der Waals surface area contributed by atoms with Crippen molar-refractivity contribution in [3.63, 3.8) is 0 Å².